The van der Waals surface area contributed by atoms with E-state index in [9.17, 15) is 0 Å². The van der Waals surface area contributed by atoms with Crippen LogP contribution in [0.5, 0.6) is 5.75 Å². The van der Waals surface area contributed by atoms with Gasteiger partial charge in [-0.15, -0.1) is 0 Å². The van der Waals surface area contributed by atoms with Gasteiger partial charge in [0.25, 0.3) is 0 Å². The molecule has 4 heteroatoms. The lowest BCUT2D eigenvalue weighted by atomic mass is 10.2. The first kappa shape index (κ1) is 12.3. The molecular weight excluding hydrogens is 214 g/mol. The summed E-state index contributed by atoms with van der Waals surface area (Å²) in [5.74, 6) is 0.855. The van der Waals surface area contributed by atoms with Crippen LogP contribution in [-0.4, -0.2) is 18.3 Å². The highest BCUT2D eigenvalue weighted by atomic mass is 35.5. The molecule has 0 radical (unpaired) electrons. The van der Waals surface area contributed by atoms with Crippen LogP contribution in [0.3, 0.4) is 0 Å². The number of halogens is 1. The Hall–Kier alpha value is -0.770. The summed E-state index contributed by atoms with van der Waals surface area (Å²) in [4.78, 5) is 0. The van der Waals surface area contributed by atoms with Crippen molar-refractivity contribution in [3.63, 3.8) is 0 Å². The van der Waals surface area contributed by atoms with E-state index in [0.717, 1.165) is 11.3 Å². The van der Waals surface area contributed by atoms with Crippen molar-refractivity contribution in [2.45, 2.75) is 13.5 Å². The third kappa shape index (κ3) is 3.70. The van der Waals surface area contributed by atoms with Gasteiger partial charge in [0.1, 0.15) is 5.75 Å². The standard InChI is InChI=1S/C11H16ClNO2/c1-8(6-14)7-15-11-3-2-10(12)4-9(11)5-13/h2-4,8,14H,5-7,13H2,1H3. The second-order valence-electron chi connectivity index (χ2n) is 3.55. The van der Waals surface area contributed by atoms with Crippen LogP contribution < -0.4 is 10.5 Å². The molecule has 84 valence electrons. The molecule has 0 aliphatic carbocycles. The highest BCUT2D eigenvalue weighted by Gasteiger charge is 2.05. The minimum Gasteiger partial charge on any atom is -0.493 e. The van der Waals surface area contributed by atoms with Crippen molar-refractivity contribution in [3.05, 3.63) is 28.8 Å². The van der Waals surface area contributed by atoms with Crippen LogP contribution in [0.4, 0.5) is 0 Å². The molecule has 3 N–H and O–H groups in total. The van der Waals surface area contributed by atoms with Crippen molar-refractivity contribution >= 4 is 11.6 Å². The molecule has 0 amide bonds. The van der Waals surface area contributed by atoms with Crippen LogP contribution in [0.1, 0.15) is 12.5 Å². The van der Waals surface area contributed by atoms with Crippen LogP contribution in [0.15, 0.2) is 18.2 Å². The topological polar surface area (TPSA) is 55.5 Å². The van der Waals surface area contributed by atoms with Gasteiger partial charge in [0.15, 0.2) is 0 Å². The van der Waals surface area contributed by atoms with Gasteiger partial charge in [-0.1, -0.05) is 18.5 Å². The summed E-state index contributed by atoms with van der Waals surface area (Å²) in [6.07, 6.45) is 0. The number of ether oxygens (including phenoxy) is 1. The summed E-state index contributed by atoms with van der Waals surface area (Å²) in [5.41, 5.74) is 6.45. The molecule has 1 unspecified atom stereocenters. The molecule has 0 aliphatic heterocycles. The van der Waals surface area contributed by atoms with Gasteiger partial charge in [0.05, 0.1) is 6.61 Å². The van der Waals surface area contributed by atoms with E-state index in [-0.39, 0.29) is 12.5 Å². The van der Waals surface area contributed by atoms with Crippen LogP contribution >= 0.6 is 11.6 Å². The van der Waals surface area contributed by atoms with Crippen molar-refractivity contribution in [2.75, 3.05) is 13.2 Å². The summed E-state index contributed by atoms with van der Waals surface area (Å²) in [6, 6.07) is 5.36. The number of nitrogens with two attached hydrogens (primary N) is 1. The average molecular weight is 230 g/mol. The molecule has 0 saturated heterocycles. The molecule has 1 aromatic rings. The molecule has 0 spiro atoms. The van der Waals surface area contributed by atoms with Gasteiger partial charge in [-0.05, 0) is 18.2 Å². The van der Waals surface area contributed by atoms with E-state index in [4.69, 9.17) is 27.2 Å². The molecular formula is C11H16ClNO2. The fourth-order valence-corrected chi connectivity index (χ4v) is 1.33. The van der Waals surface area contributed by atoms with Gasteiger partial charge < -0.3 is 15.6 Å². The first-order chi connectivity index (χ1) is 7.17. The molecule has 0 heterocycles. The van der Waals surface area contributed by atoms with Gasteiger partial charge in [-0.2, -0.15) is 0 Å². The van der Waals surface area contributed by atoms with Crippen LogP contribution in [0.2, 0.25) is 5.02 Å². The Morgan fingerprint density at radius 2 is 2.27 bits per heavy atom. The first-order valence-electron chi connectivity index (χ1n) is 4.89. The van der Waals surface area contributed by atoms with Gasteiger partial charge in [0.2, 0.25) is 0 Å². The second kappa shape index (κ2) is 5.95. The Kier molecular flexibility index (Phi) is 4.88. The maximum atomic E-state index is 8.86. The van der Waals surface area contributed by atoms with Gasteiger partial charge in [-0.25, -0.2) is 0 Å². The zero-order valence-electron chi connectivity index (χ0n) is 8.74. The largest absolute Gasteiger partial charge is 0.493 e. The fourth-order valence-electron chi connectivity index (χ4n) is 1.13. The lowest BCUT2D eigenvalue weighted by Gasteiger charge is -2.13. The third-order valence-electron chi connectivity index (χ3n) is 2.08. The van der Waals surface area contributed by atoms with Crippen molar-refractivity contribution in [1.29, 1.82) is 0 Å². The number of aliphatic hydroxyl groups is 1. The number of benzene rings is 1. The fraction of sp³-hybridized carbons (Fsp3) is 0.455. The van der Waals surface area contributed by atoms with Crippen LogP contribution in [0, 0.1) is 5.92 Å². The molecule has 0 bridgehead atoms. The van der Waals surface area contributed by atoms with Gasteiger partial charge in [-0.3, -0.25) is 0 Å². The van der Waals surface area contributed by atoms with E-state index >= 15 is 0 Å². The molecule has 15 heavy (non-hydrogen) atoms. The minimum atomic E-state index is 0.117. The number of aliphatic hydroxyl groups excluding tert-OH is 1. The van der Waals surface area contributed by atoms with Crippen LogP contribution in [-0.2, 0) is 6.54 Å². The molecule has 1 rings (SSSR count). The zero-order chi connectivity index (χ0) is 11.3. The predicted octanol–water partition coefficient (Wildman–Crippen LogP) is 1.81. The summed E-state index contributed by atoms with van der Waals surface area (Å²) in [7, 11) is 0. The molecule has 1 atom stereocenters. The van der Waals surface area contributed by atoms with Crippen molar-refractivity contribution in [3.8, 4) is 5.75 Å². The van der Waals surface area contributed by atoms with Crippen molar-refractivity contribution in [1.82, 2.24) is 0 Å². The Balaban J connectivity index is 2.67. The monoisotopic (exact) mass is 229 g/mol. The normalized spacial score (nSPS) is 12.5. The lowest BCUT2D eigenvalue weighted by Crippen LogP contribution is -2.13. The quantitative estimate of drug-likeness (QED) is 0.810. The van der Waals surface area contributed by atoms with E-state index in [1.165, 1.54) is 0 Å². The number of hydrogen-bond acceptors (Lipinski definition) is 3. The van der Waals surface area contributed by atoms with Crippen LogP contribution in [0.25, 0.3) is 0 Å². The molecule has 3 nitrogen and oxygen atoms in total. The molecule has 0 fully saturated rings. The smallest absolute Gasteiger partial charge is 0.123 e. The Bertz CT molecular complexity index is 317. The maximum absolute atomic E-state index is 8.86. The SMILES string of the molecule is CC(CO)COc1ccc(Cl)cc1CN. The molecule has 1 aromatic carbocycles. The summed E-state index contributed by atoms with van der Waals surface area (Å²) >= 11 is 5.83. The summed E-state index contributed by atoms with van der Waals surface area (Å²) in [5, 5.41) is 9.51. The highest BCUT2D eigenvalue weighted by molar-refractivity contribution is 6.30. The molecule has 0 aliphatic rings. The first-order valence-corrected chi connectivity index (χ1v) is 5.27. The Labute approximate surface area is 94.8 Å². The minimum absolute atomic E-state index is 0.117. The number of hydrogen-bond donors (Lipinski definition) is 2. The summed E-state index contributed by atoms with van der Waals surface area (Å²) in [6.45, 7) is 2.90. The van der Waals surface area contributed by atoms with E-state index in [1.54, 1.807) is 18.2 Å². The second-order valence-corrected chi connectivity index (χ2v) is 3.99. The molecule has 0 saturated carbocycles. The van der Waals surface area contributed by atoms with E-state index < -0.39 is 0 Å². The Morgan fingerprint density at radius 1 is 1.53 bits per heavy atom. The Morgan fingerprint density at radius 3 is 2.87 bits per heavy atom. The molecule has 0 aromatic heterocycles. The predicted molar refractivity (Wildman–Crippen MR) is 61.1 cm³/mol. The maximum Gasteiger partial charge on any atom is 0.123 e. The van der Waals surface area contributed by atoms with Gasteiger partial charge in [0, 0.05) is 29.7 Å². The lowest BCUT2D eigenvalue weighted by molar-refractivity contribution is 0.173. The van der Waals surface area contributed by atoms with E-state index in [1.807, 2.05) is 6.92 Å². The van der Waals surface area contributed by atoms with Gasteiger partial charge >= 0.3 is 0 Å². The van der Waals surface area contributed by atoms with E-state index in [2.05, 4.69) is 0 Å². The third-order valence-corrected chi connectivity index (χ3v) is 2.31. The van der Waals surface area contributed by atoms with Crippen molar-refractivity contribution in [2.24, 2.45) is 11.7 Å². The number of rotatable bonds is 5. The van der Waals surface area contributed by atoms with E-state index in [0.29, 0.717) is 18.2 Å². The van der Waals surface area contributed by atoms with Crippen molar-refractivity contribution < 1.29 is 9.84 Å². The zero-order valence-corrected chi connectivity index (χ0v) is 9.50. The average Bonchev–Trinajstić information content (AvgIpc) is 2.26. The summed E-state index contributed by atoms with van der Waals surface area (Å²) < 4.78 is 5.54. The highest BCUT2D eigenvalue weighted by Crippen LogP contribution is 2.22.